The summed E-state index contributed by atoms with van der Waals surface area (Å²) < 4.78 is 24.4. The number of methoxy groups -OCH3 is 2. The zero-order valence-electron chi connectivity index (χ0n) is 37.5. The summed E-state index contributed by atoms with van der Waals surface area (Å²) in [6.45, 7) is 20.7. The maximum absolute atomic E-state index is 12.0. The molecular weight excluding hydrogens is 820 g/mol. The Kier molecular flexibility index (Phi) is 36.1. The van der Waals surface area contributed by atoms with Crippen molar-refractivity contribution in [3.63, 3.8) is 0 Å². The fourth-order valence-electron chi connectivity index (χ4n) is 4.61. The van der Waals surface area contributed by atoms with E-state index in [2.05, 4.69) is 39.5 Å². The Balaban J connectivity index is -0.000000359. The molecular formula is C42H68BN3NaO13S. The molecule has 0 bridgehead atoms. The molecule has 2 fully saturated rings. The van der Waals surface area contributed by atoms with Gasteiger partial charge in [0.1, 0.15) is 29.0 Å². The predicted octanol–water partition coefficient (Wildman–Crippen LogP) is 4.08. The average molecular weight is 889 g/mol. The SMILES string of the molecule is C.CC(=O)OOC(C)=O.CC(C)(C)OC(=O)N1CCCCC1.COc1ccc(C=O)cc1.COc1ccc(CN2CCN(C(=O)OC(C)(C)C)CC2)cc1.S.[B-]OC(C)=O.[Na+]. The fourth-order valence-corrected chi connectivity index (χ4v) is 4.61. The summed E-state index contributed by atoms with van der Waals surface area (Å²) in [4.78, 5) is 76.4. The van der Waals surface area contributed by atoms with Crippen LogP contribution in [0.3, 0.4) is 0 Å². The Morgan fingerprint density at radius 2 is 0.984 bits per heavy atom. The van der Waals surface area contributed by atoms with Crippen LogP contribution in [-0.4, -0.2) is 124 Å². The first-order chi connectivity index (χ1) is 27.1. The second-order valence-corrected chi connectivity index (χ2v) is 14.8. The average Bonchev–Trinajstić information content (AvgIpc) is 3.17. The van der Waals surface area contributed by atoms with Crippen LogP contribution in [0.1, 0.15) is 105 Å². The summed E-state index contributed by atoms with van der Waals surface area (Å²) in [5.41, 5.74) is 1.12. The normalized spacial score (nSPS) is 12.9. The van der Waals surface area contributed by atoms with E-state index in [9.17, 15) is 28.8 Å². The number of likely N-dealkylation sites (tertiary alicyclic amines) is 1. The van der Waals surface area contributed by atoms with Gasteiger partial charge < -0.3 is 41.5 Å². The molecule has 61 heavy (non-hydrogen) atoms. The monoisotopic (exact) mass is 888 g/mol. The number of carbonyl (C=O) groups is 6. The Labute approximate surface area is 393 Å². The van der Waals surface area contributed by atoms with Crippen LogP contribution < -0.4 is 39.0 Å². The first kappa shape index (κ1) is 63.7. The number of benzene rings is 2. The van der Waals surface area contributed by atoms with Gasteiger partial charge in [0.25, 0.3) is 0 Å². The molecule has 339 valence electrons. The Bertz CT molecular complexity index is 1510. The van der Waals surface area contributed by atoms with Crippen molar-refractivity contribution in [2.24, 2.45) is 0 Å². The largest absolute Gasteiger partial charge is 1.00 e. The van der Waals surface area contributed by atoms with E-state index in [-0.39, 0.29) is 68.3 Å². The van der Waals surface area contributed by atoms with Gasteiger partial charge in [-0.3, -0.25) is 14.5 Å². The maximum atomic E-state index is 12.0. The summed E-state index contributed by atoms with van der Waals surface area (Å²) in [7, 11) is 7.59. The first-order valence-corrected chi connectivity index (χ1v) is 18.8. The van der Waals surface area contributed by atoms with Crippen molar-refractivity contribution in [2.45, 2.75) is 107 Å². The molecule has 0 aromatic heterocycles. The second-order valence-electron chi connectivity index (χ2n) is 14.8. The molecule has 2 aliphatic heterocycles. The standard InChI is InChI=1S/C17H26N2O3.C10H19NO2.C8H8O2.C4H6O4.C2H3BO2.CH4.Na.H2S/c1-17(2,3)22-16(20)19-11-9-18(10-12-19)13-14-5-7-15(21-4)8-6-14;1-10(2,3)13-9(12)11-7-5-4-6-8-11;1-10-8-4-2-7(6-9)3-5-8;1-3(5)7-8-4(2)6;1-2(4)5-3;;;/h5-8H,9-13H2,1-4H3;4-8H2,1-3H3;2-6H,1H3;1-2H3;1H3;1H4;;1H2/q;;;;-1;;+1;. The van der Waals surface area contributed by atoms with Crippen molar-refractivity contribution < 1.29 is 91.7 Å². The van der Waals surface area contributed by atoms with Crippen LogP contribution in [0.4, 0.5) is 9.59 Å². The number of nitrogens with zero attached hydrogens (tertiary/aromatic N) is 3. The van der Waals surface area contributed by atoms with E-state index in [1.165, 1.54) is 18.9 Å². The van der Waals surface area contributed by atoms with Gasteiger partial charge >= 0.3 is 53.7 Å². The minimum Gasteiger partial charge on any atom is -0.793 e. The minimum absolute atomic E-state index is 0. The molecule has 2 heterocycles. The van der Waals surface area contributed by atoms with E-state index >= 15 is 0 Å². The number of ether oxygens (including phenoxy) is 4. The number of piperidine rings is 1. The van der Waals surface area contributed by atoms with Crippen molar-refractivity contribution in [3.8, 4) is 11.5 Å². The first-order valence-electron chi connectivity index (χ1n) is 18.8. The summed E-state index contributed by atoms with van der Waals surface area (Å²) >= 11 is 0. The number of hydrogen-bond acceptors (Lipinski definition) is 14. The quantitative estimate of drug-likeness (QED) is 0.182. The van der Waals surface area contributed by atoms with Gasteiger partial charge in [-0.25, -0.2) is 29.0 Å². The summed E-state index contributed by atoms with van der Waals surface area (Å²) in [6, 6.07) is 15.1. The van der Waals surface area contributed by atoms with Gasteiger partial charge in [-0.1, -0.05) is 19.6 Å². The van der Waals surface area contributed by atoms with Gasteiger partial charge in [0, 0.05) is 72.1 Å². The van der Waals surface area contributed by atoms with Crippen LogP contribution in [0.2, 0.25) is 0 Å². The van der Waals surface area contributed by atoms with Gasteiger partial charge in [0.05, 0.1) is 14.2 Å². The summed E-state index contributed by atoms with van der Waals surface area (Å²) in [5, 5.41) is 0. The number of piperazine rings is 1. The molecule has 2 aliphatic rings. The van der Waals surface area contributed by atoms with Crippen molar-refractivity contribution in [1.29, 1.82) is 0 Å². The molecule has 2 amide bonds. The van der Waals surface area contributed by atoms with Crippen molar-refractivity contribution in [2.75, 3.05) is 53.5 Å². The van der Waals surface area contributed by atoms with E-state index < -0.39 is 23.5 Å². The van der Waals surface area contributed by atoms with E-state index in [4.69, 9.17) is 18.9 Å². The van der Waals surface area contributed by atoms with Crippen molar-refractivity contribution >= 4 is 57.9 Å². The second kappa shape index (κ2) is 34.6. The van der Waals surface area contributed by atoms with Crippen LogP contribution in [0, 0.1) is 0 Å². The van der Waals surface area contributed by atoms with Gasteiger partial charge in [-0.2, -0.15) is 13.5 Å². The maximum Gasteiger partial charge on any atom is 1.00 e. The summed E-state index contributed by atoms with van der Waals surface area (Å²) in [6.07, 6.45) is 3.89. The number of amides is 2. The number of aldehydes is 1. The Morgan fingerprint density at radius 1 is 0.623 bits per heavy atom. The van der Waals surface area contributed by atoms with Crippen LogP contribution in [-0.2, 0) is 44.8 Å². The summed E-state index contributed by atoms with van der Waals surface area (Å²) in [5.74, 6) is -0.102. The number of carbonyl (C=O) groups excluding carboxylic acids is 6. The molecule has 0 aliphatic carbocycles. The number of hydrogen-bond donors (Lipinski definition) is 0. The molecule has 2 aromatic carbocycles. The van der Waals surface area contributed by atoms with Crippen LogP contribution in [0.15, 0.2) is 48.5 Å². The van der Waals surface area contributed by atoms with Crippen LogP contribution in [0.5, 0.6) is 11.5 Å². The van der Waals surface area contributed by atoms with Gasteiger partial charge in [-0.15, -0.1) is 0 Å². The Morgan fingerprint density at radius 3 is 1.30 bits per heavy atom. The van der Waals surface area contributed by atoms with Crippen molar-refractivity contribution in [1.82, 2.24) is 14.7 Å². The number of rotatable bonds is 5. The molecule has 3 radical (unpaired) electrons. The molecule has 0 atom stereocenters. The van der Waals surface area contributed by atoms with Crippen molar-refractivity contribution in [3.05, 3.63) is 59.7 Å². The molecule has 2 aromatic rings. The molecule has 0 N–H and O–H groups in total. The topological polar surface area (TPSA) is 177 Å². The van der Waals surface area contributed by atoms with E-state index in [0.29, 0.717) is 18.7 Å². The third-order valence-electron chi connectivity index (χ3n) is 7.29. The van der Waals surface area contributed by atoms with Gasteiger partial charge in [-0.05, 0) is 103 Å². The molecule has 2 saturated heterocycles. The van der Waals surface area contributed by atoms with Gasteiger partial charge in [0.15, 0.2) is 0 Å². The fraction of sp³-hybridized carbons (Fsp3) is 0.571. The predicted molar refractivity (Wildman–Crippen MR) is 234 cm³/mol. The van der Waals surface area contributed by atoms with E-state index in [1.807, 2.05) is 53.7 Å². The molecule has 4 rings (SSSR count). The molecule has 19 heteroatoms. The van der Waals surface area contributed by atoms with Crippen LogP contribution in [0.25, 0.3) is 0 Å². The van der Waals surface area contributed by atoms with Gasteiger partial charge in [0.2, 0.25) is 5.97 Å². The zero-order chi connectivity index (χ0) is 44.3. The third-order valence-corrected chi connectivity index (χ3v) is 7.29. The molecule has 16 nitrogen and oxygen atoms in total. The zero-order valence-corrected chi connectivity index (χ0v) is 40.5. The molecule has 0 spiro atoms. The Hall–Kier alpha value is -3.97. The van der Waals surface area contributed by atoms with Crippen LogP contribution >= 0.6 is 13.5 Å². The smallest absolute Gasteiger partial charge is 0.793 e. The third kappa shape index (κ3) is 34.3. The molecule has 0 saturated carbocycles. The van der Waals surface area contributed by atoms with E-state index in [0.717, 1.165) is 77.2 Å². The van der Waals surface area contributed by atoms with E-state index in [1.54, 1.807) is 48.3 Å². The molecule has 0 unspecified atom stereocenters. The minimum atomic E-state index is -0.639.